The summed E-state index contributed by atoms with van der Waals surface area (Å²) in [5.41, 5.74) is 0.767. The Morgan fingerprint density at radius 2 is 2.00 bits per heavy atom. The van der Waals surface area contributed by atoms with Crippen molar-refractivity contribution < 1.29 is 24.2 Å². The summed E-state index contributed by atoms with van der Waals surface area (Å²) in [6, 6.07) is 4.31. The molecule has 0 unspecified atom stereocenters. The number of halogens is 1. The molecule has 0 saturated heterocycles. The fraction of sp³-hybridized carbons (Fsp3) is 0.357. The fourth-order valence-corrected chi connectivity index (χ4v) is 1.89. The Morgan fingerprint density at radius 3 is 2.55 bits per heavy atom. The number of aliphatic carboxylic acids is 1. The highest BCUT2D eigenvalue weighted by Gasteiger charge is 2.17. The summed E-state index contributed by atoms with van der Waals surface area (Å²) < 4.78 is 4.86. The van der Waals surface area contributed by atoms with E-state index >= 15 is 0 Å². The molecule has 0 aliphatic rings. The molecule has 0 spiro atoms. The van der Waals surface area contributed by atoms with Crippen molar-refractivity contribution in [2.75, 3.05) is 12.5 Å². The third kappa shape index (κ3) is 4.35. The number of Topliss-reactive ketones (excluding diaryl/α,β-unsaturated/α-hetero) is 1. The van der Waals surface area contributed by atoms with Crippen LogP contribution in [0, 0.1) is 0 Å². The molecule has 5 nitrogen and oxygen atoms in total. The summed E-state index contributed by atoms with van der Waals surface area (Å²) in [7, 11) is 0. The first-order valence-electron chi connectivity index (χ1n) is 6.10. The first kappa shape index (κ1) is 16.2. The zero-order valence-corrected chi connectivity index (χ0v) is 11.8. The quantitative estimate of drug-likeness (QED) is 0.474. The van der Waals surface area contributed by atoms with Crippen LogP contribution in [-0.4, -0.2) is 35.3 Å². The molecule has 1 aromatic rings. The van der Waals surface area contributed by atoms with Crippen molar-refractivity contribution in [3.05, 3.63) is 34.9 Å². The number of hydrogen-bond donors (Lipinski definition) is 1. The monoisotopic (exact) mass is 298 g/mol. The van der Waals surface area contributed by atoms with Crippen LogP contribution in [0.15, 0.2) is 18.2 Å². The van der Waals surface area contributed by atoms with Crippen molar-refractivity contribution >= 4 is 29.3 Å². The lowest BCUT2D eigenvalue weighted by atomic mass is 9.98. The standard InChI is InChI=1S/C14H15ClO5/c1-2-20-14(19)11-4-3-9(12(16)5-6-15)7-10(11)8-13(17)18/h3-4,7H,2,5-6,8H2,1H3,(H,17,18). The van der Waals surface area contributed by atoms with Crippen LogP contribution in [0.4, 0.5) is 0 Å². The molecule has 0 saturated carbocycles. The van der Waals surface area contributed by atoms with Gasteiger partial charge in [-0.1, -0.05) is 6.07 Å². The van der Waals surface area contributed by atoms with Gasteiger partial charge in [-0.2, -0.15) is 0 Å². The second kappa shape index (κ2) is 7.65. The van der Waals surface area contributed by atoms with Gasteiger partial charge in [-0.15, -0.1) is 11.6 Å². The maximum atomic E-state index is 11.7. The first-order valence-corrected chi connectivity index (χ1v) is 6.64. The SMILES string of the molecule is CCOC(=O)c1ccc(C(=O)CCCl)cc1CC(=O)O. The summed E-state index contributed by atoms with van der Waals surface area (Å²) in [6.45, 7) is 1.85. The maximum absolute atomic E-state index is 11.7. The highest BCUT2D eigenvalue weighted by Crippen LogP contribution is 2.16. The van der Waals surface area contributed by atoms with Crippen LogP contribution in [0.3, 0.4) is 0 Å². The Labute approximate surface area is 121 Å². The predicted molar refractivity (Wildman–Crippen MR) is 73.4 cm³/mol. The van der Waals surface area contributed by atoms with Gasteiger partial charge in [0.05, 0.1) is 18.6 Å². The Morgan fingerprint density at radius 1 is 1.30 bits per heavy atom. The van der Waals surface area contributed by atoms with Crippen LogP contribution in [0.25, 0.3) is 0 Å². The summed E-state index contributed by atoms with van der Waals surface area (Å²) >= 11 is 5.50. The molecule has 0 bridgehead atoms. The molecule has 0 heterocycles. The first-order chi connectivity index (χ1) is 9.49. The van der Waals surface area contributed by atoms with Crippen LogP contribution in [-0.2, 0) is 16.0 Å². The molecule has 0 amide bonds. The van der Waals surface area contributed by atoms with Crippen molar-refractivity contribution in [2.24, 2.45) is 0 Å². The van der Waals surface area contributed by atoms with E-state index < -0.39 is 11.9 Å². The number of rotatable bonds is 7. The van der Waals surface area contributed by atoms with Crippen LogP contribution < -0.4 is 0 Å². The number of ether oxygens (including phenoxy) is 1. The van der Waals surface area contributed by atoms with Gasteiger partial charge in [-0.25, -0.2) is 4.79 Å². The number of benzene rings is 1. The molecular weight excluding hydrogens is 284 g/mol. The average Bonchev–Trinajstić information content (AvgIpc) is 2.38. The van der Waals surface area contributed by atoms with Crippen LogP contribution in [0.2, 0.25) is 0 Å². The number of carboxylic acids is 1. The summed E-state index contributed by atoms with van der Waals surface area (Å²) in [4.78, 5) is 34.3. The van der Waals surface area contributed by atoms with Crippen molar-refractivity contribution in [1.29, 1.82) is 0 Å². The molecular formula is C14H15ClO5. The second-order valence-corrected chi connectivity index (χ2v) is 4.40. The minimum Gasteiger partial charge on any atom is -0.481 e. The highest BCUT2D eigenvalue weighted by atomic mass is 35.5. The van der Waals surface area contributed by atoms with Gasteiger partial charge in [0, 0.05) is 17.9 Å². The predicted octanol–water partition coefficient (Wildman–Crippen LogP) is 2.30. The van der Waals surface area contributed by atoms with E-state index in [4.69, 9.17) is 21.4 Å². The maximum Gasteiger partial charge on any atom is 0.338 e. The van der Waals surface area contributed by atoms with E-state index in [1.807, 2.05) is 0 Å². The van der Waals surface area contributed by atoms with Gasteiger partial charge in [0.1, 0.15) is 0 Å². The third-order valence-corrected chi connectivity index (χ3v) is 2.77. The zero-order chi connectivity index (χ0) is 15.1. The van der Waals surface area contributed by atoms with Gasteiger partial charge in [0.2, 0.25) is 0 Å². The number of alkyl halides is 1. The molecule has 0 atom stereocenters. The molecule has 20 heavy (non-hydrogen) atoms. The zero-order valence-electron chi connectivity index (χ0n) is 11.0. The van der Waals surface area contributed by atoms with E-state index in [0.29, 0.717) is 5.56 Å². The largest absolute Gasteiger partial charge is 0.481 e. The summed E-state index contributed by atoms with van der Waals surface area (Å²) in [5.74, 6) is -1.69. The van der Waals surface area contributed by atoms with E-state index in [-0.39, 0.29) is 42.2 Å². The van der Waals surface area contributed by atoms with E-state index in [0.717, 1.165) is 0 Å². The van der Waals surface area contributed by atoms with Crippen molar-refractivity contribution in [1.82, 2.24) is 0 Å². The molecule has 1 N–H and O–H groups in total. The summed E-state index contributed by atoms with van der Waals surface area (Å²) in [6.07, 6.45) is -0.192. The Balaban J connectivity index is 3.15. The minimum atomic E-state index is -1.09. The lowest BCUT2D eigenvalue weighted by Crippen LogP contribution is -2.13. The van der Waals surface area contributed by atoms with Crippen molar-refractivity contribution in [3.8, 4) is 0 Å². The van der Waals surface area contributed by atoms with Gasteiger partial charge in [0.25, 0.3) is 0 Å². The number of esters is 1. The summed E-state index contributed by atoms with van der Waals surface area (Å²) in [5, 5.41) is 8.88. The molecule has 6 heteroatoms. The van der Waals surface area contributed by atoms with E-state index in [1.54, 1.807) is 6.92 Å². The fourth-order valence-electron chi connectivity index (χ4n) is 1.71. The lowest BCUT2D eigenvalue weighted by molar-refractivity contribution is -0.136. The molecule has 0 aliphatic carbocycles. The number of carboxylic acid groups (broad SMARTS) is 1. The van der Waals surface area contributed by atoms with Crippen LogP contribution >= 0.6 is 11.6 Å². The number of hydrogen-bond acceptors (Lipinski definition) is 4. The van der Waals surface area contributed by atoms with E-state index in [1.165, 1.54) is 18.2 Å². The number of ketones is 1. The van der Waals surface area contributed by atoms with Crippen molar-refractivity contribution in [3.63, 3.8) is 0 Å². The molecule has 0 radical (unpaired) electrons. The van der Waals surface area contributed by atoms with E-state index in [9.17, 15) is 14.4 Å². The molecule has 1 rings (SSSR count). The molecule has 0 aromatic heterocycles. The van der Waals surface area contributed by atoms with Gasteiger partial charge in [0.15, 0.2) is 5.78 Å². The average molecular weight is 299 g/mol. The lowest BCUT2D eigenvalue weighted by Gasteiger charge is -2.09. The van der Waals surface area contributed by atoms with Crippen molar-refractivity contribution in [2.45, 2.75) is 19.8 Å². The number of carbonyl (C=O) groups is 3. The Kier molecular flexibility index (Phi) is 6.18. The Hall–Kier alpha value is -1.88. The van der Waals surface area contributed by atoms with E-state index in [2.05, 4.69) is 0 Å². The van der Waals surface area contributed by atoms with Gasteiger partial charge >= 0.3 is 11.9 Å². The second-order valence-electron chi connectivity index (χ2n) is 4.03. The molecule has 108 valence electrons. The minimum absolute atomic E-state index is 0.160. The number of carbonyl (C=O) groups excluding carboxylic acids is 2. The smallest absolute Gasteiger partial charge is 0.338 e. The normalized spacial score (nSPS) is 10.1. The third-order valence-electron chi connectivity index (χ3n) is 2.59. The van der Waals surface area contributed by atoms with Crippen LogP contribution in [0.5, 0.6) is 0 Å². The van der Waals surface area contributed by atoms with Gasteiger partial charge in [-0.3, -0.25) is 9.59 Å². The van der Waals surface area contributed by atoms with Gasteiger partial charge in [-0.05, 0) is 24.6 Å². The highest BCUT2D eigenvalue weighted by molar-refractivity contribution is 6.19. The van der Waals surface area contributed by atoms with Gasteiger partial charge < -0.3 is 9.84 Å². The topological polar surface area (TPSA) is 80.7 Å². The molecule has 0 fully saturated rings. The molecule has 1 aromatic carbocycles. The molecule has 0 aliphatic heterocycles. The Bertz CT molecular complexity index is 524. The van der Waals surface area contributed by atoms with Crippen LogP contribution in [0.1, 0.15) is 39.6 Å².